The van der Waals surface area contributed by atoms with Gasteiger partial charge in [0.05, 0.1) is 0 Å². The van der Waals surface area contributed by atoms with Gasteiger partial charge in [0.1, 0.15) is 0 Å². The molecule has 0 saturated heterocycles. The van der Waals surface area contributed by atoms with Crippen molar-refractivity contribution in [2.45, 2.75) is 18.8 Å². The van der Waals surface area contributed by atoms with Crippen LogP contribution < -0.4 is 0 Å². The first-order chi connectivity index (χ1) is 4.66. The standard InChI is InChI=1S/C7H10F2O/c8-7(9)5-1-4(3-10)2-6(5)7/h4-6,10H,1-3H2/t4-,5-,6+. The molecule has 0 heterocycles. The van der Waals surface area contributed by atoms with E-state index in [0.29, 0.717) is 12.8 Å². The summed E-state index contributed by atoms with van der Waals surface area (Å²) in [6.45, 7) is 0.0864. The topological polar surface area (TPSA) is 20.2 Å². The van der Waals surface area contributed by atoms with Gasteiger partial charge in [0.25, 0.3) is 5.92 Å². The zero-order valence-electron chi connectivity index (χ0n) is 5.56. The van der Waals surface area contributed by atoms with Gasteiger partial charge in [0, 0.05) is 18.4 Å². The van der Waals surface area contributed by atoms with Crippen molar-refractivity contribution in [3.05, 3.63) is 0 Å². The van der Waals surface area contributed by atoms with Crippen LogP contribution in [0.15, 0.2) is 0 Å². The van der Waals surface area contributed by atoms with E-state index in [1.54, 1.807) is 0 Å². The van der Waals surface area contributed by atoms with E-state index in [1.165, 1.54) is 0 Å². The van der Waals surface area contributed by atoms with E-state index in [0.717, 1.165) is 0 Å². The Morgan fingerprint density at radius 3 is 2.20 bits per heavy atom. The minimum absolute atomic E-state index is 0.0864. The number of hydrogen-bond acceptors (Lipinski definition) is 1. The Labute approximate surface area is 58.0 Å². The summed E-state index contributed by atoms with van der Waals surface area (Å²) in [4.78, 5) is 0. The summed E-state index contributed by atoms with van der Waals surface area (Å²) < 4.78 is 24.9. The van der Waals surface area contributed by atoms with Crippen molar-refractivity contribution in [1.82, 2.24) is 0 Å². The lowest BCUT2D eigenvalue weighted by molar-refractivity contribution is 0.0563. The number of fused-ring (bicyclic) bond motifs is 1. The van der Waals surface area contributed by atoms with Crippen LogP contribution in [-0.2, 0) is 0 Å². The van der Waals surface area contributed by atoms with Crippen LogP contribution >= 0.6 is 0 Å². The van der Waals surface area contributed by atoms with Crippen LogP contribution in [0.2, 0.25) is 0 Å². The monoisotopic (exact) mass is 148 g/mol. The fraction of sp³-hybridized carbons (Fsp3) is 1.00. The molecule has 1 N–H and O–H groups in total. The Hall–Kier alpha value is -0.180. The molecular formula is C7H10F2O. The molecule has 2 aliphatic rings. The molecule has 2 rings (SSSR count). The van der Waals surface area contributed by atoms with E-state index in [-0.39, 0.29) is 24.4 Å². The highest BCUT2D eigenvalue weighted by Gasteiger charge is 2.71. The number of rotatable bonds is 1. The first-order valence-electron chi connectivity index (χ1n) is 3.65. The minimum Gasteiger partial charge on any atom is -0.396 e. The second-order valence-corrected chi connectivity index (χ2v) is 3.41. The van der Waals surface area contributed by atoms with Gasteiger partial charge in [0.15, 0.2) is 0 Å². The molecule has 3 atom stereocenters. The smallest absolute Gasteiger partial charge is 0.254 e. The summed E-state index contributed by atoms with van der Waals surface area (Å²) in [5.41, 5.74) is 0. The lowest BCUT2D eigenvalue weighted by Crippen LogP contribution is -2.10. The van der Waals surface area contributed by atoms with Crippen molar-refractivity contribution in [2.75, 3.05) is 6.61 Å². The number of halogens is 2. The second kappa shape index (κ2) is 1.70. The Balaban J connectivity index is 1.96. The second-order valence-electron chi connectivity index (χ2n) is 3.41. The van der Waals surface area contributed by atoms with Crippen molar-refractivity contribution in [3.8, 4) is 0 Å². The normalized spacial score (nSPS) is 48.9. The molecule has 1 nitrogen and oxygen atoms in total. The predicted octanol–water partition coefficient (Wildman–Crippen LogP) is 1.27. The van der Waals surface area contributed by atoms with Crippen LogP contribution in [0, 0.1) is 17.8 Å². The molecule has 0 aromatic heterocycles. The Morgan fingerprint density at radius 1 is 1.30 bits per heavy atom. The van der Waals surface area contributed by atoms with E-state index in [9.17, 15) is 8.78 Å². The average Bonchev–Trinajstić information content (AvgIpc) is 2.37. The third kappa shape index (κ3) is 0.641. The molecule has 0 radical (unpaired) electrons. The van der Waals surface area contributed by atoms with E-state index < -0.39 is 5.92 Å². The van der Waals surface area contributed by atoms with Crippen molar-refractivity contribution in [3.63, 3.8) is 0 Å². The maximum absolute atomic E-state index is 12.5. The molecule has 2 saturated carbocycles. The summed E-state index contributed by atoms with van der Waals surface area (Å²) in [7, 11) is 0. The molecule has 0 unspecified atom stereocenters. The van der Waals surface area contributed by atoms with Crippen molar-refractivity contribution >= 4 is 0 Å². The van der Waals surface area contributed by atoms with Gasteiger partial charge < -0.3 is 5.11 Å². The van der Waals surface area contributed by atoms with Crippen molar-refractivity contribution < 1.29 is 13.9 Å². The SMILES string of the molecule is OC[C@@H]1C[C@@H]2[C@H](C1)C2(F)F. The number of aliphatic hydroxyl groups excluding tert-OH is 1. The van der Waals surface area contributed by atoms with Gasteiger partial charge in [-0.1, -0.05) is 0 Å². The van der Waals surface area contributed by atoms with Gasteiger partial charge in [-0.15, -0.1) is 0 Å². The van der Waals surface area contributed by atoms with E-state index in [2.05, 4.69) is 0 Å². The van der Waals surface area contributed by atoms with Crippen LogP contribution in [0.5, 0.6) is 0 Å². The molecule has 0 aromatic rings. The third-order valence-corrected chi connectivity index (χ3v) is 2.80. The van der Waals surface area contributed by atoms with Crippen LogP contribution in [0.25, 0.3) is 0 Å². The first-order valence-corrected chi connectivity index (χ1v) is 3.65. The Morgan fingerprint density at radius 2 is 1.80 bits per heavy atom. The van der Waals surface area contributed by atoms with Crippen molar-refractivity contribution in [1.29, 1.82) is 0 Å². The lowest BCUT2D eigenvalue weighted by atomic mass is 10.0. The highest BCUT2D eigenvalue weighted by atomic mass is 19.3. The lowest BCUT2D eigenvalue weighted by Gasteiger charge is -2.09. The average molecular weight is 148 g/mol. The van der Waals surface area contributed by atoms with Crippen LogP contribution in [0.4, 0.5) is 8.78 Å². The summed E-state index contributed by atoms with van der Waals surface area (Å²) in [5.74, 6) is -2.98. The van der Waals surface area contributed by atoms with E-state index >= 15 is 0 Å². The summed E-state index contributed by atoms with van der Waals surface area (Å²) in [6, 6.07) is 0. The summed E-state index contributed by atoms with van der Waals surface area (Å²) in [6.07, 6.45) is 1.07. The predicted molar refractivity (Wildman–Crippen MR) is 31.7 cm³/mol. The molecule has 2 fully saturated rings. The molecule has 0 spiro atoms. The molecule has 10 heavy (non-hydrogen) atoms. The third-order valence-electron chi connectivity index (χ3n) is 2.80. The molecule has 0 aliphatic heterocycles. The molecule has 0 aromatic carbocycles. The molecule has 0 bridgehead atoms. The summed E-state index contributed by atoms with van der Waals surface area (Å²) >= 11 is 0. The van der Waals surface area contributed by atoms with Gasteiger partial charge in [-0.05, 0) is 18.8 Å². The van der Waals surface area contributed by atoms with Crippen LogP contribution in [0.1, 0.15) is 12.8 Å². The Kier molecular flexibility index (Phi) is 1.11. The molecule has 0 amide bonds. The Bertz CT molecular complexity index is 144. The fourth-order valence-electron chi connectivity index (χ4n) is 2.07. The van der Waals surface area contributed by atoms with E-state index in [1.807, 2.05) is 0 Å². The van der Waals surface area contributed by atoms with Gasteiger partial charge >= 0.3 is 0 Å². The fourth-order valence-corrected chi connectivity index (χ4v) is 2.07. The molecule has 58 valence electrons. The minimum atomic E-state index is -2.37. The largest absolute Gasteiger partial charge is 0.396 e. The van der Waals surface area contributed by atoms with Gasteiger partial charge in [-0.2, -0.15) is 0 Å². The number of aliphatic hydroxyl groups is 1. The maximum Gasteiger partial charge on any atom is 0.254 e. The number of alkyl halides is 2. The van der Waals surface area contributed by atoms with E-state index in [4.69, 9.17) is 5.11 Å². The zero-order chi connectivity index (χ0) is 7.35. The van der Waals surface area contributed by atoms with Crippen molar-refractivity contribution in [2.24, 2.45) is 17.8 Å². The maximum atomic E-state index is 12.5. The van der Waals surface area contributed by atoms with Gasteiger partial charge in [-0.3, -0.25) is 0 Å². The number of hydrogen-bond donors (Lipinski definition) is 1. The first kappa shape index (κ1) is 6.53. The highest BCUT2D eigenvalue weighted by molar-refractivity contribution is 5.10. The van der Waals surface area contributed by atoms with Gasteiger partial charge in [0.2, 0.25) is 0 Å². The molecule has 3 heteroatoms. The highest BCUT2D eigenvalue weighted by Crippen LogP contribution is 2.65. The van der Waals surface area contributed by atoms with Crippen LogP contribution in [0.3, 0.4) is 0 Å². The quantitative estimate of drug-likeness (QED) is 0.593. The van der Waals surface area contributed by atoms with Gasteiger partial charge in [-0.25, -0.2) is 8.78 Å². The zero-order valence-corrected chi connectivity index (χ0v) is 5.56. The van der Waals surface area contributed by atoms with Crippen LogP contribution in [-0.4, -0.2) is 17.6 Å². The molecular weight excluding hydrogens is 138 g/mol. The summed E-state index contributed by atoms with van der Waals surface area (Å²) in [5, 5.41) is 8.63. The molecule has 2 aliphatic carbocycles.